The van der Waals surface area contributed by atoms with Crippen LogP contribution >= 0.6 is 23.4 Å². The van der Waals surface area contributed by atoms with Gasteiger partial charge in [0.15, 0.2) is 5.16 Å². The van der Waals surface area contributed by atoms with Crippen LogP contribution in [0.2, 0.25) is 5.02 Å². The SMILES string of the molecule is Cc1ccc(-n2cnnc2SC(C)C(=O)NC2CCCCC2C)cc1Cl. The van der Waals surface area contributed by atoms with Gasteiger partial charge in [-0.3, -0.25) is 9.36 Å². The summed E-state index contributed by atoms with van der Waals surface area (Å²) in [6.07, 6.45) is 6.37. The smallest absolute Gasteiger partial charge is 0.233 e. The molecule has 1 aromatic heterocycles. The molecule has 0 bridgehead atoms. The van der Waals surface area contributed by atoms with E-state index in [2.05, 4.69) is 22.4 Å². The first kappa shape index (κ1) is 19.2. The van der Waals surface area contributed by atoms with E-state index >= 15 is 0 Å². The molecule has 2 aromatic rings. The van der Waals surface area contributed by atoms with Gasteiger partial charge in [-0.1, -0.05) is 49.2 Å². The molecule has 0 radical (unpaired) electrons. The molecule has 0 spiro atoms. The molecule has 1 aliphatic carbocycles. The van der Waals surface area contributed by atoms with Gasteiger partial charge in [0.05, 0.1) is 10.9 Å². The van der Waals surface area contributed by atoms with E-state index in [1.807, 2.05) is 36.6 Å². The van der Waals surface area contributed by atoms with Crippen LogP contribution in [0.25, 0.3) is 5.69 Å². The summed E-state index contributed by atoms with van der Waals surface area (Å²) < 4.78 is 1.86. The molecule has 1 N–H and O–H groups in total. The Kier molecular flexibility index (Phi) is 6.24. The molecule has 5 nitrogen and oxygen atoms in total. The molecule has 1 heterocycles. The summed E-state index contributed by atoms with van der Waals surface area (Å²) in [6, 6.07) is 6.11. The van der Waals surface area contributed by atoms with E-state index in [-0.39, 0.29) is 17.2 Å². The molecular weight excluding hydrogens is 368 g/mol. The van der Waals surface area contributed by atoms with E-state index in [9.17, 15) is 4.79 Å². The quantitative estimate of drug-likeness (QED) is 0.766. The summed E-state index contributed by atoms with van der Waals surface area (Å²) in [6.45, 7) is 6.10. The van der Waals surface area contributed by atoms with Gasteiger partial charge in [-0.2, -0.15) is 0 Å². The highest BCUT2D eigenvalue weighted by Crippen LogP contribution is 2.28. The molecule has 1 saturated carbocycles. The summed E-state index contributed by atoms with van der Waals surface area (Å²) in [4.78, 5) is 12.6. The Morgan fingerprint density at radius 1 is 1.38 bits per heavy atom. The number of nitrogens with one attached hydrogen (secondary N) is 1. The molecular formula is C19H25ClN4OS. The number of aromatic nitrogens is 3. The number of aryl methyl sites for hydroxylation is 1. The zero-order valence-corrected chi connectivity index (χ0v) is 17.0. The van der Waals surface area contributed by atoms with Crippen molar-refractivity contribution < 1.29 is 4.79 Å². The monoisotopic (exact) mass is 392 g/mol. The van der Waals surface area contributed by atoms with E-state index in [1.165, 1.54) is 31.0 Å². The maximum atomic E-state index is 12.6. The number of carbonyl (C=O) groups is 1. The van der Waals surface area contributed by atoms with Crippen LogP contribution in [0.4, 0.5) is 0 Å². The molecule has 1 aliphatic rings. The van der Waals surface area contributed by atoms with Crippen molar-refractivity contribution in [3.8, 4) is 5.69 Å². The molecule has 1 aromatic carbocycles. The Hall–Kier alpha value is -1.53. The summed E-state index contributed by atoms with van der Waals surface area (Å²) in [5.41, 5.74) is 1.91. The number of thioether (sulfide) groups is 1. The van der Waals surface area contributed by atoms with Gasteiger partial charge in [0.25, 0.3) is 0 Å². The van der Waals surface area contributed by atoms with Crippen molar-refractivity contribution in [3.05, 3.63) is 35.1 Å². The Morgan fingerprint density at radius 2 is 2.15 bits per heavy atom. The Morgan fingerprint density at radius 3 is 2.88 bits per heavy atom. The van der Waals surface area contributed by atoms with Crippen molar-refractivity contribution in [2.75, 3.05) is 0 Å². The first-order valence-corrected chi connectivity index (χ1v) is 10.3. The van der Waals surface area contributed by atoms with Crippen molar-refractivity contribution in [3.63, 3.8) is 0 Å². The third-order valence-corrected chi connectivity index (χ3v) is 6.50. The van der Waals surface area contributed by atoms with Crippen LogP contribution in [-0.4, -0.2) is 32.0 Å². The van der Waals surface area contributed by atoms with Gasteiger partial charge in [-0.05, 0) is 50.3 Å². The van der Waals surface area contributed by atoms with Gasteiger partial charge in [0.2, 0.25) is 5.91 Å². The molecule has 3 atom stereocenters. The number of hydrogen-bond acceptors (Lipinski definition) is 4. The summed E-state index contributed by atoms with van der Waals surface area (Å²) in [5.74, 6) is 0.605. The molecule has 1 amide bonds. The van der Waals surface area contributed by atoms with Crippen LogP contribution in [0, 0.1) is 12.8 Å². The maximum Gasteiger partial charge on any atom is 0.233 e. The van der Waals surface area contributed by atoms with E-state index in [1.54, 1.807) is 6.33 Å². The molecule has 3 unspecified atom stereocenters. The minimum atomic E-state index is -0.243. The number of benzene rings is 1. The highest BCUT2D eigenvalue weighted by atomic mass is 35.5. The zero-order chi connectivity index (χ0) is 18.7. The number of rotatable bonds is 5. The first-order chi connectivity index (χ1) is 12.5. The highest BCUT2D eigenvalue weighted by Gasteiger charge is 2.26. The lowest BCUT2D eigenvalue weighted by Crippen LogP contribution is -2.44. The lowest BCUT2D eigenvalue weighted by molar-refractivity contribution is -0.121. The van der Waals surface area contributed by atoms with Crippen LogP contribution in [0.15, 0.2) is 29.7 Å². The fourth-order valence-electron chi connectivity index (χ4n) is 3.26. The molecule has 140 valence electrons. The third kappa shape index (κ3) is 4.41. The van der Waals surface area contributed by atoms with Gasteiger partial charge < -0.3 is 5.32 Å². The second-order valence-corrected chi connectivity index (χ2v) is 8.77. The Balaban J connectivity index is 1.68. The van der Waals surface area contributed by atoms with Gasteiger partial charge in [-0.15, -0.1) is 10.2 Å². The van der Waals surface area contributed by atoms with E-state index in [0.29, 0.717) is 16.1 Å². The van der Waals surface area contributed by atoms with Crippen molar-refractivity contribution in [2.45, 2.75) is 62.9 Å². The summed E-state index contributed by atoms with van der Waals surface area (Å²) in [5, 5.41) is 12.5. The largest absolute Gasteiger partial charge is 0.352 e. The molecule has 7 heteroatoms. The standard InChI is InChI=1S/C19H25ClN4OS/c1-12-8-9-15(10-16(12)20)24-11-21-23-19(24)26-14(3)18(25)22-17-7-5-4-6-13(17)2/h8-11,13-14,17H,4-7H2,1-3H3,(H,22,25). The average molecular weight is 393 g/mol. The van der Waals surface area contributed by atoms with Crippen molar-refractivity contribution in [2.24, 2.45) is 5.92 Å². The van der Waals surface area contributed by atoms with Crippen molar-refractivity contribution >= 4 is 29.3 Å². The second-order valence-electron chi connectivity index (χ2n) is 7.05. The van der Waals surface area contributed by atoms with Gasteiger partial charge >= 0.3 is 0 Å². The average Bonchev–Trinajstić information content (AvgIpc) is 3.07. The lowest BCUT2D eigenvalue weighted by atomic mass is 9.86. The Labute approximate surface area is 163 Å². The van der Waals surface area contributed by atoms with Gasteiger partial charge in [-0.25, -0.2) is 0 Å². The lowest BCUT2D eigenvalue weighted by Gasteiger charge is -2.30. The predicted octanol–water partition coefficient (Wildman–Crippen LogP) is 4.40. The topological polar surface area (TPSA) is 59.8 Å². The summed E-state index contributed by atoms with van der Waals surface area (Å²) >= 11 is 7.65. The van der Waals surface area contributed by atoms with E-state index < -0.39 is 0 Å². The number of hydrogen-bond donors (Lipinski definition) is 1. The third-order valence-electron chi connectivity index (χ3n) is 5.04. The van der Waals surface area contributed by atoms with E-state index in [0.717, 1.165) is 17.7 Å². The van der Waals surface area contributed by atoms with E-state index in [4.69, 9.17) is 11.6 Å². The fraction of sp³-hybridized carbons (Fsp3) is 0.526. The number of nitrogens with zero attached hydrogens (tertiary/aromatic N) is 3. The zero-order valence-electron chi connectivity index (χ0n) is 15.4. The number of amides is 1. The molecule has 1 fully saturated rings. The van der Waals surface area contributed by atoms with Gasteiger partial charge in [0, 0.05) is 11.1 Å². The minimum absolute atomic E-state index is 0.0604. The minimum Gasteiger partial charge on any atom is -0.352 e. The first-order valence-electron chi connectivity index (χ1n) is 9.09. The van der Waals surface area contributed by atoms with Crippen LogP contribution in [0.3, 0.4) is 0 Å². The van der Waals surface area contributed by atoms with Crippen LogP contribution in [0.5, 0.6) is 0 Å². The Bertz CT molecular complexity index is 779. The van der Waals surface area contributed by atoms with Crippen LogP contribution in [-0.2, 0) is 4.79 Å². The van der Waals surface area contributed by atoms with Gasteiger partial charge in [0.1, 0.15) is 6.33 Å². The van der Waals surface area contributed by atoms with Crippen molar-refractivity contribution in [1.29, 1.82) is 0 Å². The summed E-state index contributed by atoms with van der Waals surface area (Å²) in [7, 11) is 0. The van der Waals surface area contributed by atoms with Crippen LogP contribution in [0.1, 0.15) is 45.1 Å². The fourth-order valence-corrected chi connectivity index (χ4v) is 4.28. The van der Waals surface area contributed by atoms with Crippen LogP contribution < -0.4 is 5.32 Å². The molecule has 3 rings (SSSR count). The highest BCUT2D eigenvalue weighted by molar-refractivity contribution is 8.00. The maximum absolute atomic E-state index is 12.6. The number of carbonyl (C=O) groups excluding carboxylic acids is 1. The number of halogens is 1. The van der Waals surface area contributed by atoms with Crippen molar-refractivity contribution in [1.82, 2.24) is 20.1 Å². The predicted molar refractivity (Wildman–Crippen MR) is 106 cm³/mol. The molecule has 0 saturated heterocycles. The molecule has 26 heavy (non-hydrogen) atoms. The molecule has 0 aliphatic heterocycles. The second kappa shape index (κ2) is 8.44. The normalized spacial score (nSPS) is 21.4.